The Bertz CT molecular complexity index is 450. The van der Waals surface area contributed by atoms with Gasteiger partial charge < -0.3 is 4.74 Å². The molecule has 4 heteroatoms. The lowest BCUT2D eigenvalue weighted by atomic mass is 9.84. The van der Waals surface area contributed by atoms with Gasteiger partial charge in [0.15, 0.2) is 0 Å². The average molecular weight is 269 g/mol. The highest BCUT2D eigenvalue weighted by Crippen LogP contribution is 2.32. The highest BCUT2D eigenvalue weighted by Gasteiger charge is 2.43. The first-order chi connectivity index (χ1) is 8.47. The minimum absolute atomic E-state index is 0.330. The van der Waals surface area contributed by atoms with Gasteiger partial charge in [0.2, 0.25) is 5.24 Å². The zero-order valence-corrected chi connectivity index (χ0v) is 11.6. The second kappa shape index (κ2) is 6.01. The van der Waals surface area contributed by atoms with E-state index in [2.05, 4.69) is 0 Å². The molecule has 1 aromatic rings. The van der Waals surface area contributed by atoms with E-state index in [1.54, 1.807) is 26.0 Å². The quantitative estimate of drug-likeness (QED) is 0.355. The van der Waals surface area contributed by atoms with Gasteiger partial charge in [-0.15, -0.1) is 0 Å². The zero-order chi connectivity index (χ0) is 13.8. The van der Waals surface area contributed by atoms with E-state index in [4.69, 9.17) is 16.3 Å². The minimum atomic E-state index is -1.25. The molecule has 0 radical (unpaired) electrons. The van der Waals surface area contributed by atoms with Crippen molar-refractivity contribution >= 4 is 22.8 Å². The van der Waals surface area contributed by atoms with Gasteiger partial charge in [0.05, 0.1) is 0 Å². The molecule has 3 nitrogen and oxygen atoms in total. The van der Waals surface area contributed by atoms with Crippen LogP contribution in [-0.4, -0.2) is 11.2 Å². The molecule has 0 aromatic heterocycles. The summed E-state index contributed by atoms with van der Waals surface area (Å²) < 4.78 is 5.31. The summed E-state index contributed by atoms with van der Waals surface area (Å²) in [5.41, 5.74) is -0.405. The molecule has 18 heavy (non-hydrogen) atoms. The Kier molecular flexibility index (Phi) is 4.91. The molecule has 0 aliphatic carbocycles. The van der Waals surface area contributed by atoms with Crippen LogP contribution in [0, 0.1) is 12.3 Å². The van der Waals surface area contributed by atoms with Gasteiger partial charge in [0.1, 0.15) is 11.2 Å². The third kappa shape index (κ3) is 2.72. The third-order valence-corrected chi connectivity index (χ3v) is 3.63. The maximum absolute atomic E-state index is 12.2. The fourth-order valence-electron chi connectivity index (χ4n) is 1.77. The maximum Gasteiger partial charge on any atom is 0.326 e. The van der Waals surface area contributed by atoms with Crippen LogP contribution < -0.4 is 4.74 Å². The number of ether oxygens (including phenoxy) is 1. The lowest BCUT2D eigenvalue weighted by molar-refractivity contribution is -0.150. The summed E-state index contributed by atoms with van der Waals surface area (Å²) in [4.78, 5) is 23.7. The molecule has 0 heterocycles. The molecule has 1 aromatic carbocycles. The smallest absolute Gasteiger partial charge is 0.326 e. The van der Waals surface area contributed by atoms with Crippen molar-refractivity contribution in [3.63, 3.8) is 0 Å². The van der Waals surface area contributed by atoms with Gasteiger partial charge in [-0.2, -0.15) is 0 Å². The molecule has 0 atom stereocenters. The van der Waals surface area contributed by atoms with E-state index in [0.717, 1.165) is 5.56 Å². The maximum atomic E-state index is 12.2. The minimum Gasteiger partial charge on any atom is -0.425 e. The molecule has 0 bridgehead atoms. The molecule has 0 aliphatic rings. The predicted octanol–water partition coefficient (Wildman–Crippen LogP) is 3.47. The van der Waals surface area contributed by atoms with Crippen molar-refractivity contribution in [2.45, 2.75) is 33.6 Å². The van der Waals surface area contributed by atoms with Crippen LogP contribution in [-0.2, 0) is 9.59 Å². The summed E-state index contributed by atoms with van der Waals surface area (Å²) in [5, 5.41) is -0.661. The van der Waals surface area contributed by atoms with E-state index in [9.17, 15) is 9.59 Å². The standard InChI is InChI=1S/C14H17ClO3/c1-4-14(5-2,12(15)16)13(17)18-11-9-7-6-8-10(11)3/h6-9H,4-5H2,1-3H3. The number of esters is 1. The molecule has 98 valence electrons. The number of hydrogen-bond acceptors (Lipinski definition) is 3. The summed E-state index contributed by atoms with van der Waals surface area (Å²) >= 11 is 5.56. The van der Waals surface area contributed by atoms with Crippen LogP contribution in [0.3, 0.4) is 0 Å². The second-order valence-corrected chi connectivity index (χ2v) is 4.56. The van der Waals surface area contributed by atoms with Crippen LogP contribution in [0.15, 0.2) is 24.3 Å². The Morgan fingerprint density at radius 1 is 1.22 bits per heavy atom. The largest absolute Gasteiger partial charge is 0.425 e. The lowest BCUT2D eigenvalue weighted by Gasteiger charge is -2.24. The van der Waals surface area contributed by atoms with E-state index in [1.807, 2.05) is 19.1 Å². The van der Waals surface area contributed by atoms with Crippen LogP contribution >= 0.6 is 11.6 Å². The Labute approximate surface area is 112 Å². The Morgan fingerprint density at radius 2 is 1.78 bits per heavy atom. The summed E-state index contributed by atoms with van der Waals surface area (Å²) in [5.74, 6) is -0.117. The highest BCUT2D eigenvalue weighted by atomic mass is 35.5. The molecular weight excluding hydrogens is 252 g/mol. The van der Waals surface area contributed by atoms with Crippen molar-refractivity contribution in [2.24, 2.45) is 5.41 Å². The first kappa shape index (κ1) is 14.7. The van der Waals surface area contributed by atoms with Gasteiger partial charge in [-0.25, -0.2) is 0 Å². The molecular formula is C14H17ClO3. The number of hydrogen-bond donors (Lipinski definition) is 0. The van der Waals surface area contributed by atoms with Crippen LogP contribution in [0.4, 0.5) is 0 Å². The molecule has 0 N–H and O–H groups in total. The van der Waals surface area contributed by atoms with Gasteiger partial charge in [-0.1, -0.05) is 32.0 Å². The Hall–Kier alpha value is -1.35. The summed E-state index contributed by atoms with van der Waals surface area (Å²) in [7, 11) is 0. The Morgan fingerprint density at radius 3 is 2.22 bits per heavy atom. The number of benzene rings is 1. The number of halogens is 1. The molecule has 0 amide bonds. The molecule has 0 unspecified atom stereocenters. The van der Waals surface area contributed by atoms with Crippen molar-refractivity contribution in [3.05, 3.63) is 29.8 Å². The molecule has 1 rings (SSSR count). The van der Waals surface area contributed by atoms with Crippen LogP contribution in [0.5, 0.6) is 5.75 Å². The molecule has 0 saturated carbocycles. The van der Waals surface area contributed by atoms with Crippen molar-refractivity contribution in [2.75, 3.05) is 0 Å². The third-order valence-electron chi connectivity index (χ3n) is 3.27. The van der Waals surface area contributed by atoms with E-state index in [-0.39, 0.29) is 0 Å². The van der Waals surface area contributed by atoms with Crippen molar-refractivity contribution in [3.8, 4) is 5.75 Å². The molecule has 0 spiro atoms. The molecule has 0 aliphatic heterocycles. The molecule has 0 saturated heterocycles. The van der Waals surface area contributed by atoms with Crippen LogP contribution in [0.1, 0.15) is 32.3 Å². The van der Waals surface area contributed by atoms with E-state index >= 15 is 0 Å². The zero-order valence-electron chi connectivity index (χ0n) is 10.8. The van der Waals surface area contributed by atoms with Crippen molar-refractivity contribution < 1.29 is 14.3 Å². The normalized spacial score (nSPS) is 11.1. The van der Waals surface area contributed by atoms with Gasteiger partial charge >= 0.3 is 5.97 Å². The van der Waals surface area contributed by atoms with Gasteiger partial charge in [0, 0.05) is 0 Å². The first-order valence-electron chi connectivity index (χ1n) is 5.95. The highest BCUT2D eigenvalue weighted by molar-refractivity contribution is 6.66. The second-order valence-electron chi connectivity index (χ2n) is 4.22. The van der Waals surface area contributed by atoms with Crippen molar-refractivity contribution in [1.29, 1.82) is 0 Å². The number of carbonyl (C=O) groups is 2. The van der Waals surface area contributed by atoms with E-state index in [1.165, 1.54) is 0 Å². The summed E-state index contributed by atoms with van der Waals surface area (Å²) in [6.07, 6.45) is 0.660. The van der Waals surface area contributed by atoms with Gasteiger partial charge in [-0.05, 0) is 43.0 Å². The number of carbonyl (C=O) groups excluding carboxylic acids is 2. The van der Waals surface area contributed by atoms with E-state index < -0.39 is 16.6 Å². The van der Waals surface area contributed by atoms with Crippen molar-refractivity contribution in [1.82, 2.24) is 0 Å². The van der Waals surface area contributed by atoms with Gasteiger partial charge in [0.25, 0.3) is 0 Å². The monoisotopic (exact) mass is 268 g/mol. The number of aryl methyl sites for hydroxylation is 1. The first-order valence-corrected chi connectivity index (χ1v) is 6.33. The Balaban J connectivity index is 3.00. The summed E-state index contributed by atoms with van der Waals surface area (Å²) in [6, 6.07) is 7.16. The molecule has 0 fully saturated rings. The number of rotatable bonds is 5. The average Bonchev–Trinajstić information content (AvgIpc) is 2.34. The fraction of sp³-hybridized carbons (Fsp3) is 0.429. The van der Waals surface area contributed by atoms with Gasteiger partial charge in [-0.3, -0.25) is 9.59 Å². The van der Waals surface area contributed by atoms with E-state index in [0.29, 0.717) is 18.6 Å². The van der Waals surface area contributed by atoms with Crippen LogP contribution in [0.25, 0.3) is 0 Å². The fourth-order valence-corrected chi connectivity index (χ4v) is 2.11. The van der Waals surface area contributed by atoms with Crippen LogP contribution in [0.2, 0.25) is 0 Å². The topological polar surface area (TPSA) is 43.4 Å². The summed E-state index contributed by atoms with van der Waals surface area (Å²) in [6.45, 7) is 5.34. The lowest BCUT2D eigenvalue weighted by Crippen LogP contribution is -2.39. The number of para-hydroxylation sites is 1. The SMILES string of the molecule is CCC(CC)(C(=O)Cl)C(=O)Oc1ccccc1C. The predicted molar refractivity (Wildman–Crippen MR) is 70.7 cm³/mol.